The number of hydrogen-bond acceptors (Lipinski definition) is 3. The molecule has 0 aliphatic heterocycles. The van der Waals surface area contributed by atoms with E-state index in [0.717, 1.165) is 0 Å². The summed E-state index contributed by atoms with van der Waals surface area (Å²) in [6.07, 6.45) is -9.70. The predicted molar refractivity (Wildman–Crippen MR) is 69.0 cm³/mol. The van der Waals surface area contributed by atoms with Gasteiger partial charge in [0.25, 0.3) is 0 Å². The lowest BCUT2D eigenvalue weighted by molar-refractivity contribution is -0.143. The first kappa shape index (κ1) is 19.3. The number of rotatable bonds is 7. The molecule has 0 fully saturated rings. The molecule has 0 amide bonds. The fourth-order valence-electron chi connectivity index (χ4n) is 1.54. The Balaban J connectivity index is 2.87. The summed E-state index contributed by atoms with van der Waals surface area (Å²) in [7, 11) is 0. The summed E-state index contributed by atoms with van der Waals surface area (Å²) in [6.45, 7) is 2.79. The van der Waals surface area contributed by atoms with Gasteiger partial charge in [-0.25, -0.2) is 0 Å². The van der Waals surface area contributed by atoms with Crippen molar-refractivity contribution < 1.29 is 40.9 Å². The van der Waals surface area contributed by atoms with Crippen LogP contribution in [-0.4, -0.2) is 31.0 Å². The largest absolute Gasteiger partial charge is 0.491 e. The highest BCUT2D eigenvalue weighted by Crippen LogP contribution is 2.38. The van der Waals surface area contributed by atoms with Crippen molar-refractivity contribution in [1.29, 1.82) is 0 Å². The van der Waals surface area contributed by atoms with Gasteiger partial charge >= 0.3 is 12.4 Å². The third kappa shape index (κ3) is 6.49. The number of hydrogen-bond donors (Lipinski definition) is 1. The van der Waals surface area contributed by atoms with E-state index >= 15 is 0 Å². The highest BCUT2D eigenvalue weighted by Gasteiger charge is 2.37. The number of aliphatic hydroxyl groups is 1. The second-order valence-electron chi connectivity index (χ2n) is 4.53. The molecular formula is C14H14F6O3. The highest BCUT2D eigenvalue weighted by atomic mass is 19.4. The van der Waals surface area contributed by atoms with Crippen molar-refractivity contribution in [2.75, 3.05) is 19.8 Å². The molecule has 1 atom stereocenters. The van der Waals surface area contributed by atoms with Crippen LogP contribution in [0.4, 0.5) is 26.3 Å². The number of halogens is 6. The van der Waals surface area contributed by atoms with Crippen molar-refractivity contribution in [2.24, 2.45) is 0 Å². The van der Waals surface area contributed by atoms with E-state index in [1.165, 1.54) is 6.08 Å². The summed E-state index contributed by atoms with van der Waals surface area (Å²) >= 11 is 0. The quantitative estimate of drug-likeness (QED) is 0.466. The third-order valence-electron chi connectivity index (χ3n) is 2.55. The second-order valence-corrected chi connectivity index (χ2v) is 4.53. The standard InChI is InChI=1S/C14H14F6O3/c1-2-3-22-7-11(21)8-23-12-5-9(13(15,16)17)4-10(6-12)14(18,19)20/h2,4-6,11,21H,1,3,7-8H2. The predicted octanol–water partition coefficient (Wildman–Crippen LogP) is 3.67. The van der Waals surface area contributed by atoms with E-state index in [4.69, 9.17) is 9.47 Å². The van der Waals surface area contributed by atoms with Crippen molar-refractivity contribution in [1.82, 2.24) is 0 Å². The first-order valence-electron chi connectivity index (χ1n) is 6.33. The van der Waals surface area contributed by atoms with Crippen LogP contribution in [0.1, 0.15) is 11.1 Å². The molecule has 0 aliphatic rings. The van der Waals surface area contributed by atoms with Gasteiger partial charge in [0.15, 0.2) is 0 Å². The molecule has 1 rings (SSSR count). The van der Waals surface area contributed by atoms with Crippen LogP contribution in [0.15, 0.2) is 30.9 Å². The zero-order chi connectivity index (χ0) is 17.7. The minimum absolute atomic E-state index is 0.00349. The Morgan fingerprint density at radius 3 is 1.96 bits per heavy atom. The molecule has 0 aromatic heterocycles. The van der Waals surface area contributed by atoms with Crippen LogP contribution < -0.4 is 4.74 Å². The van der Waals surface area contributed by atoms with E-state index in [1.807, 2.05) is 0 Å². The SMILES string of the molecule is C=CCOCC(O)COc1cc(C(F)(F)F)cc(C(F)(F)F)c1. The summed E-state index contributed by atoms with van der Waals surface area (Å²) in [5.74, 6) is -0.644. The molecular weight excluding hydrogens is 330 g/mol. The first-order chi connectivity index (χ1) is 10.5. The first-order valence-corrected chi connectivity index (χ1v) is 6.33. The maximum Gasteiger partial charge on any atom is 0.416 e. The summed E-state index contributed by atoms with van der Waals surface area (Å²) in [6, 6.07) is 0.871. The van der Waals surface area contributed by atoms with Gasteiger partial charge in [-0.3, -0.25) is 0 Å². The molecule has 0 radical (unpaired) electrons. The summed E-state index contributed by atoms with van der Waals surface area (Å²) < 4.78 is 85.5. The van der Waals surface area contributed by atoms with Crippen LogP contribution in [-0.2, 0) is 17.1 Å². The smallest absolute Gasteiger partial charge is 0.416 e. The Morgan fingerprint density at radius 2 is 1.52 bits per heavy atom. The van der Waals surface area contributed by atoms with Crippen molar-refractivity contribution in [3.63, 3.8) is 0 Å². The number of aliphatic hydroxyl groups excluding tert-OH is 1. The van der Waals surface area contributed by atoms with E-state index in [2.05, 4.69) is 6.58 Å². The molecule has 0 spiro atoms. The van der Waals surface area contributed by atoms with E-state index in [-0.39, 0.29) is 19.3 Å². The van der Waals surface area contributed by atoms with E-state index in [1.54, 1.807) is 0 Å². The molecule has 23 heavy (non-hydrogen) atoms. The molecule has 0 bridgehead atoms. The lowest BCUT2D eigenvalue weighted by atomic mass is 10.1. The zero-order valence-electron chi connectivity index (χ0n) is 11.7. The average molecular weight is 344 g/mol. The Hall–Kier alpha value is -1.74. The molecule has 1 unspecified atom stereocenters. The van der Waals surface area contributed by atoms with Crippen molar-refractivity contribution in [3.05, 3.63) is 42.0 Å². The molecule has 3 nitrogen and oxygen atoms in total. The van der Waals surface area contributed by atoms with Gasteiger partial charge in [0.1, 0.15) is 18.5 Å². The van der Waals surface area contributed by atoms with Crippen LogP contribution in [0.2, 0.25) is 0 Å². The lowest BCUT2D eigenvalue weighted by Crippen LogP contribution is -2.23. The fraction of sp³-hybridized carbons (Fsp3) is 0.429. The number of alkyl halides is 6. The van der Waals surface area contributed by atoms with Gasteiger partial charge in [-0.15, -0.1) is 6.58 Å². The minimum atomic E-state index is -4.95. The normalized spacial score (nSPS) is 13.7. The number of ether oxygens (including phenoxy) is 2. The van der Waals surface area contributed by atoms with Crippen LogP contribution in [0, 0.1) is 0 Å². The molecule has 9 heteroatoms. The number of benzene rings is 1. The van der Waals surface area contributed by atoms with Crippen LogP contribution >= 0.6 is 0 Å². The van der Waals surface area contributed by atoms with E-state index in [9.17, 15) is 31.4 Å². The maximum absolute atomic E-state index is 12.6. The minimum Gasteiger partial charge on any atom is -0.491 e. The van der Waals surface area contributed by atoms with Gasteiger partial charge < -0.3 is 14.6 Å². The Labute approximate surface area is 128 Å². The van der Waals surface area contributed by atoms with E-state index < -0.39 is 41.9 Å². The topological polar surface area (TPSA) is 38.7 Å². The summed E-state index contributed by atoms with van der Waals surface area (Å²) in [5.41, 5.74) is -2.97. The van der Waals surface area contributed by atoms with Crippen molar-refractivity contribution in [2.45, 2.75) is 18.5 Å². The summed E-state index contributed by atoms with van der Waals surface area (Å²) in [4.78, 5) is 0. The Kier molecular flexibility index (Phi) is 6.46. The maximum atomic E-state index is 12.6. The van der Waals surface area contributed by atoms with Crippen molar-refractivity contribution >= 4 is 0 Å². The molecule has 130 valence electrons. The molecule has 1 N–H and O–H groups in total. The summed E-state index contributed by atoms with van der Waals surface area (Å²) in [5, 5.41) is 9.47. The van der Waals surface area contributed by atoms with E-state index in [0.29, 0.717) is 12.1 Å². The van der Waals surface area contributed by atoms with Gasteiger partial charge in [0, 0.05) is 0 Å². The molecule has 1 aromatic rings. The molecule has 0 heterocycles. The van der Waals surface area contributed by atoms with Gasteiger partial charge in [0.05, 0.1) is 24.3 Å². The average Bonchev–Trinajstić information content (AvgIpc) is 2.43. The van der Waals surface area contributed by atoms with Crippen LogP contribution in [0.3, 0.4) is 0 Å². The molecule has 1 aromatic carbocycles. The highest BCUT2D eigenvalue weighted by molar-refractivity contribution is 5.37. The molecule has 0 aliphatic carbocycles. The Morgan fingerprint density at radius 1 is 1.00 bits per heavy atom. The Bertz CT molecular complexity index is 492. The fourth-order valence-corrected chi connectivity index (χ4v) is 1.54. The van der Waals surface area contributed by atoms with Gasteiger partial charge in [0.2, 0.25) is 0 Å². The third-order valence-corrected chi connectivity index (χ3v) is 2.55. The van der Waals surface area contributed by atoms with Crippen LogP contribution in [0.25, 0.3) is 0 Å². The second kappa shape index (κ2) is 7.69. The van der Waals surface area contributed by atoms with Gasteiger partial charge in [-0.2, -0.15) is 26.3 Å². The molecule has 0 saturated carbocycles. The molecule has 0 saturated heterocycles. The zero-order valence-corrected chi connectivity index (χ0v) is 11.7. The monoisotopic (exact) mass is 344 g/mol. The van der Waals surface area contributed by atoms with Gasteiger partial charge in [-0.05, 0) is 18.2 Å². The lowest BCUT2D eigenvalue weighted by Gasteiger charge is -2.16. The van der Waals surface area contributed by atoms with Crippen molar-refractivity contribution in [3.8, 4) is 5.75 Å². The van der Waals surface area contributed by atoms with Gasteiger partial charge in [-0.1, -0.05) is 6.08 Å². The van der Waals surface area contributed by atoms with Crippen LogP contribution in [0.5, 0.6) is 5.75 Å².